The Morgan fingerprint density at radius 3 is 2.50 bits per heavy atom. The van der Waals surface area contributed by atoms with E-state index in [0.717, 1.165) is 53.9 Å². The highest BCUT2D eigenvalue weighted by atomic mass is 16.5. The van der Waals surface area contributed by atoms with Gasteiger partial charge in [0.05, 0.1) is 30.0 Å². The minimum absolute atomic E-state index is 0.0684. The zero-order chi connectivity index (χ0) is 30.6. The van der Waals surface area contributed by atoms with E-state index in [1.807, 2.05) is 54.6 Å². The highest BCUT2D eigenvalue weighted by Gasteiger charge is 2.16. The third-order valence-electron chi connectivity index (χ3n) is 6.93. The van der Waals surface area contributed by atoms with Crippen molar-refractivity contribution in [1.29, 1.82) is 0 Å². The van der Waals surface area contributed by atoms with Gasteiger partial charge in [0.2, 0.25) is 0 Å². The summed E-state index contributed by atoms with van der Waals surface area (Å²) in [6, 6.07) is 27.6. The number of carbonyl (C=O) groups is 2. The molecule has 0 bridgehead atoms. The Bertz CT molecular complexity index is 1650. The van der Waals surface area contributed by atoms with Gasteiger partial charge in [0, 0.05) is 11.3 Å². The molecule has 3 aromatic carbocycles. The zero-order valence-electron chi connectivity index (χ0n) is 23.9. The zero-order valence-corrected chi connectivity index (χ0v) is 23.9. The third-order valence-corrected chi connectivity index (χ3v) is 6.93. The molecule has 12 heteroatoms. The molecule has 0 aliphatic carbocycles. The predicted octanol–water partition coefficient (Wildman–Crippen LogP) is 4.65. The summed E-state index contributed by atoms with van der Waals surface area (Å²) in [6.45, 7) is 0.563. The predicted molar refractivity (Wildman–Crippen MR) is 163 cm³/mol. The van der Waals surface area contributed by atoms with E-state index in [4.69, 9.17) is 9.84 Å². The van der Waals surface area contributed by atoms with Crippen LogP contribution < -0.4 is 10.6 Å². The van der Waals surface area contributed by atoms with Crippen LogP contribution in [-0.4, -0.2) is 60.7 Å². The molecule has 3 N–H and O–H groups in total. The number of carboxylic acids is 1. The number of aryl methyl sites for hydroxylation is 1. The Hall–Kier alpha value is -5.49. The van der Waals surface area contributed by atoms with Gasteiger partial charge in [0.15, 0.2) is 0 Å². The van der Waals surface area contributed by atoms with E-state index in [9.17, 15) is 9.59 Å². The van der Waals surface area contributed by atoms with Gasteiger partial charge in [0.25, 0.3) is 0 Å². The minimum Gasteiger partial charge on any atom is -0.481 e. The largest absolute Gasteiger partial charge is 0.481 e. The van der Waals surface area contributed by atoms with Crippen LogP contribution in [0.2, 0.25) is 0 Å². The molecule has 12 nitrogen and oxygen atoms in total. The molecule has 5 aromatic rings. The Morgan fingerprint density at radius 2 is 1.73 bits per heavy atom. The molecule has 0 spiro atoms. The number of hydrogen-bond acceptors (Lipinski definition) is 9. The maximum Gasteiger partial charge on any atom is 0.411 e. The summed E-state index contributed by atoms with van der Waals surface area (Å²) in [5.41, 5.74) is 6.46. The summed E-state index contributed by atoms with van der Waals surface area (Å²) in [6.07, 6.45) is 4.84. The van der Waals surface area contributed by atoms with Crippen LogP contribution in [0, 0.1) is 0 Å². The van der Waals surface area contributed by atoms with Gasteiger partial charge < -0.3 is 15.2 Å². The van der Waals surface area contributed by atoms with E-state index in [0.29, 0.717) is 5.69 Å². The van der Waals surface area contributed by atoms with Crippen LogP contribution in [0.15, 0.2) is 97.5 Å². The molecular formula is C32H32N8O4. The topological polar surface area (TPSA) is 157 Å². The monoisotopic (exact) mass is 592 g/mol. The van der Waals surface area contributed by atoms with E-state index in [1.165, 1.54) is 5.56 Å². The van der Waals surface area contributed by atoms with Crippen molar-refractivity contribution in [2.45, 2.75) is 31.7 Å². The van der Waals surface area contributed by atoms with Gasteiger partial charge in [-0.2, -0.15) is 10.2 Å². The number of benzene rings is 3. The number of nitrogens with one attached hydrogen (secondary N) is 2. The van der Waals surface area contributed by atoms with Gasteiger partial charge >= 0.3 is 12.1 Å². The Morgan fingerprint density at radius 1 is 0.932 bits per heavy atom. The number of ether oxygens (including phenoxy) is 1. The number of para-hydroxylation sites is 1. The SMILES string of the molecule is O=C(O)CCOC(=O)Nc1ccc(-c2cnnc(C(Cc3ccccc3)NCCCc3ccccc3-n3cnnn3)c2)cc1. The van der Waals surface area contributed by atoms with Crippen LogP contribution in [0.3, 0.4) is 0 Å². The van der Waals surface area contributed by atoms with E-state index < -0.39 is 12.1 Å². The Kier molecular flexibility index (Phi) is 10.3. The normalized spacial score (nSPS) is 11.5. The van der Waals surface area contributed by atoms with Crippen LogP contribution >= 0.6 is 0 Å². The number of tetrazole rings is 1. The second-order valence-corrected chi connectivity index (χ2v) is 10.0. The van der Waals surface area contributed by atoms with E-state index >= 15 is 0 Å². The third kappa shape index (κ3) is 8.52. The van der Waals surface area contributed by atoms with Gasteiger partial charge in [0.1, 0.15) is 12.9 Å². The highest BCUT2D eigenvalue weighted by molar-refractivity contribution is 5.85. The fraction of sp³-hybridized carbons (Fsp3) is 0.219. The summed E-state index contributed by atoms with van der Waals surface area (Å²) in [5.74, 6) is -1.03. The van der Waals surface area contributed by atoms with Gasteiger partial charge in [-0.15, -0.1) is 5.10 Å². The van der Waals surface area contributed by atoms with Crippen LogP contribution in [0.1, 0.15) is 35.7 Å². The van der Waals surface area contributed by atoms with Crippen LogP contribution in [-0.2, 0) is 22.4 Å². The lowest BCUT2D eigenvalue weighted by atomic mass is 10.00. The van der Waals surface area contributed by atoms with E-state index in [-0.39, 0.29) is 19.1 Å². The summed E-state index contributed by atoms with van der Waals surface area (Å²) in [4.78, 5) is 22.5. The maximum absolute atomic E-state index is 11.9. The molecule has 0 saturated carbocycles. The fourth-order valence-electron chi connectivity index (χ4n) is 4.75. The molecule has 1 atom stereocenters. The second kappa shape index (κ2) is 15.1. The number of carbonyl (C=O) groups excluding carboxylic acids is 1. The number of aliphatic carboxylic acids is 1. The molecule has 5 rings (SSSR count). The summed E-state index contributed by atoms with van der Waals surface area (Å²) >= 11 is 0. The summed E-state index contributed by atoms with van der Waals surface area (Å²) < 4.78 is 6.56. The molecule has 0 radical (unpaired) electrons. The van der Waals surface area contributed by atoms with Crippen molar-refractivity contribution in [3.63, 3.8) is 0 Å². The van der Waals surface area contributed by atoms with Gasteiger partial charge in [-0.3, -0.25) is 10.1 Å². The molecule has 2 heterocycles. The smallest absolute Gasteiger partial charge is 0.411 e. The number of aromatic nitrogens is 6. The molecule has 0 fully saturated rings. The molecule has 44 heavy (non-hydrogen) atoms. The standard InChI is InChI=1S/C32H32N8O4/c41-31(42)16-18-44-32(43)36-27-14-12-24(13-15-27)26-20-29(37-34-21-26)28(19-23-7-2-1-3-8-23)33-17-6-10-25-9-4-5-11-30(25)40-22-35-38-39-40/h1-5,7-9,11-15,20-22,28,33H,6,10,16-19H2,(H,36,43)(H,41,42). The van der Waals surface area contributed by atoms with Crippen molar-refractivity contribution in [2.24, 2.45) is 0 Å². The number of amides is 1. The lowest BCUT2D eigenvalue weighted by Crippen LogP contribution is -2.26. The molecule has 1 unspecified atom stereocenters. The van der Waals surface area contributed by atoms with Crippen LogP contribution in [0.5, 0.6) is 0 Å². The van der Waals surface area contributed by atoms with Crippen molar-refractivity contribution in [3.8, 4) is 16.8 Å². The Balaban J connectivity index is 1.25. The number of anilines is 1. The van der Waals surface area contributed by atoms with Crippen LogP contribution in [0.25, 0.3) is 16.8 Å². The summed E-state index contributed by atoms with van der Waals surface area (Å²) in [7, 11) is 0. The minimum atomic E-state index is -1.03. The molecule has 0 aliphatic rings. The van der Waals surface area contributed by atoms with Gasteiger partial charge in [-0.05, 0) is 77.2 Å². The quantitative estimate of drug-likeness (QED) is 0.155. The fourth-order valence-corrected chi connectivity index (χ4v) is 4.75. The average molecular weight is 593 g/mol. The van der Waals surface area contributed by atoms with Crippen LogP contribution in [0.4, 0.5) is 10.5 Å². The molecule has 1 amide bonds. The van der Waals surface area contributed by atoms with Crippen molar-refractivity contribution < 1.29 is 19.4 Å². The lowest BCUT2D eigenvalue weighted by Gasteiger charge is -2.19. The first kappa shape index (κ1) is 30.0. The number of hydrogen-bond donors (Lipinski definition) is 3. The molecule has 224 valence electrons. The molecule has 0 aliphatic heterocycles. The van der Waals surface area contributed by atoms with Crippen molar-refractivity contribution in [1.82, 2.24) is 35.7 Å². The molecule has 2 aromatic heterocycles. The van der Waals surface area contributed by atoms with Gasteiger partial charge in [-0.25, -0.2) is 9.48 Å². The van der Waals surface area contributed by atoms with E-state index in [2.05, 4.69) is 54.6 Å². The first-order valence-electron chi connectivity index (χ1n) is 14.2. The average Bonchev–Trinajstić information content (AvgIpc) is 3.59. The summed E-state index contributed by atoms with van der Waals surface area (Å²) in [5, 5.41) is 35.3. The van der Waals surface area contributed by atoms with Crippen molar-refractivity contribution in [2.75, 3.05) is 18.5 Å². The second-order valence-electron chi connectivity index (χ2n) is 10.0. The van der Waals surface area contributed by atoms with Gasteiger partial charge in [-0.1, -0.05) is 60.7 Å². The lowest BCUT2D eigenvalue weighted by molar-refractivity contribution is -0.137. The highest BCUT2D eigenvalue weighted by Crippen LogP contribution is 2.25. The van der Waals surface area contributed by atoms with Crippen molar-refractivity contribution >= 4 is 17.7 Å². The number of rotatable bonds is 14. The first-order valence-corrected chi connectivity index (χ1v) is 14.2. The Labute approximate surface area is 254 Å². The first-order chi connectivity index (χ1) is 21.5. The van der Waals surface area contributed by atoms with E-state index in [1.54, 1.807) is 29.3 Å². The number of nitrogens with zero attached hydrogens (tertiary/aromatic N) is 6. The number of carboxylic acid groups (broad SMARTS) is 1. The molecular weight excluding hydrogens is 560 g/mol. The molecule has 0 saturated heterocycles. The van der Waals surface area contributed by atoms with Crippen molar-refractivity contribution in [3.05, 3.63) is 114 Å². The maximum atomic E-state index is 11.9.